The van der Waals surface area contributed by atoms with E-state index >= 15 is 0 Å². The summed E-state index contributed by atoms with van der Waals surface area (Å²) < 4.78 is 0. The molecular weight excluding hydrogens is 199 g/mol. The van der Waals surface area contributed by atoms with Gasteiger partial charge in [-0.3, -0.25) is 0 Å². The summed E-state index contributed by atoms with van der Waals surface area (Å²) in [6.45, 7) is 19.2. The fraction of sp³-hybridized carbons (Fsp3) is 1.00. The normalized spacial score (nSPS) is 13.4. The summed E-state index contributed by atoms with van der Waals surface area (Å²) in [5.74, 6) is 0. The van der Waals surface area contributed by atoms with Crippen molar-refractivity contribution in [1.29, 1.82) is 0 Å². The molecule has 0 aliphatic rings. The Bertz CT molecular complexity index is 196. The average Bonchev–Trinajstić information content (AvgIpc) is 2.10. The molecule has 0 rings (SSSR count). The summed E-state index contributed by atoms with van der Waals surface area (Å²) in [5.41, 5.74) is 1.19. The van der Waals surface area contributed by atoms with Crippen molar-refractivity contribution in [3.8, 4) is 0 Å². The molecule has 0 fully saturated rings. The van der Waals surface area contributed by atoms with Gasteiger partial charge in [-0.2, -0.15) is 0 Å². The van der Waals surface area contributed by atoms with Crippen LogP contribution in [0.3, 0.4) is 0 Å². The van der Waals surface area contributed by atoms with E-state index in [-0.39, 0.29) is 18.9 Å². The van der Waals surface area contributed by atoms with Gasteiger partial charge < -0.3 is 0 Å². The summed E-state index contributed by atoms with van der Waals surface area (Å²) in [5, 5.41) is 0. The van der Waals surface area contributed by atoms with E-state index in [1.54, 1.807) is 0 Å². The number of unbranched alkanes of at least 4 members (excludes halogenated alkanes) is 3. The zero-order valence-corrected chi connectivity index (χ0v) is 13.0. The molecule has 0 saturated carbocycles. The van der Waals surface area contributed by atoms with Crippen molar-refractivity contribution in [3.63, 3.8) is 0 Å². The summed E-state index contributed by atoms with van der Waals surface area (Å²) in [4.78, 5) is 0. The average molecular weight is 234 g/mol. The first kappa shape index (κ1) is 19.9. The molecule has 0 bridgehead atoms. The van der Waals surface area contributed by atoms with Gasteiger partial charge in [0.25, 0.3) is 0 Å². The molecular formula is C16H35Li. The van der Waals surface area contributed by atoms with Crippen molar-refractivity contribution in [2.45, 2.75) is 87.5 Å². The minimum absolute atomic E-state index is 0. The second-order valence-electron chi connectivity index (χ2n) is 7.57. The Balaban J connectivity index is 0. The summed E-state index contributed by atoms with van der Waals surface area (Å²) in [7, 11) is 0. The van der Waals surface area contributed by atoms with Crippen LogP contribution in [0.1, 0.15) is 87.5 Å². The molecule has 0 nitrogen and oxygen atoms in total. The SMILES string of the molecule is CCCCCCC(C)(C)C(C)(C)C(C)(C)C.[LiH]. The quantitative estimate of drug-likeness (QED) is 0.426. The Hall–Kier alpha value is 0.597. The van der Waals surface area contributed by atoms with Gasteiger partial charge in [0.2, 0.25) is 0 Å². The third-order valence-electron chi connectivity index (χ3n) is 5.22. The van der Waals surface area contributed by atoms with E-state index in [0.717, 1.165) is 0 Å². The van der Waals surface area contributed by atoms with Gasteiger partial charge in [0.1, 0.15) is 0 Å². The molecule has 1 heteroatoms. The molecule has 0 aliphatic carbocycles. The molecule has 0 N–H and O–H groups in total. The number of rotatable bonds is 6. The van der Waals surface area contributed by atoms with Crippen LogP contribution in [0.25, 0.3) is 0 Å². The molecule has 0 heterocycles. The molecule has 100 valence electrons. The van der Waals surface area contributed by atoms with Crippen LogP contribution in [0.2, 0.25) is 0 Å². The topological polar surface area (TPSA) is 0 Å². The van der Waals surface area contributed by atoms with Crippen molar-refractivity contribution in [2.75, 3.05) is 0 Å². The van der Waals surface area contributed by atoms with Crippen molar-refractivity contribution in [3.05, 3.63) is 0 Å². The first-order valence-corrected chi connectivity index (χ1v) is 7.06. The Morgan fingerprint density at radius 2 is 1.18 bits per heavy atom. The number of hydrogen-bond acceptors (Lipinski definition) is 0. The predicted octanol–water partition coefficient (Wildman–Crippen LogP) is 5.41. The molecule has 0 radical (unpaired) electrons. The van der Waals surface area contributed by atoms with Gasteiger partial charge in [-0.15, -0.1) is 0 Å². The standard InChI is InChI=1S/C16H34.Li.H/c1-9-10-11-12-13-15(5,6)16(7,8)14(2,3)4;;/h9-13H2,1-8H3;;. The molecule has 0 unspecified atom stereocenters. The summed E-state index contributed by atoms with van der Waals surface area (Å²) in [6, 6.07) is 0. The zero-order valence-electron chi connectivity index (χ0n) is 13.0. The van der Waals surface area contributed by atoms with Crippen LogP contribution in [0.15, 0.2) is 0 Å². The molecule has 0 aromatic heterocycles. The first-order chi connectivity index (χ1) is 7.06. The molecule has 0 aliphatic heterocycles. The van der Waals surface area contributed by atoms with Gasteiger partial charge >= 0.3 is 18.9 Å². The molecule has 0 atom stereocenters. The van der Waals surface area contributed by atoms with Gasteiger partial charge in [-0.05, 0) is 22.7 Å². The number of hydrogen-bond donors (Lipinski definition) is 0. The molecule has 0 aromatic rings. The van der Waals surface area contributed by atoms with Crippen LogP contribution in [0.4, 0.5) is 0 Å². The Kier molecular flexibility index (Phi) is 8.50. The van der Waals surface area contributed by atoms with Crippen LogP contribution >= 0.6 is 0 Å². The van der Waals surface area contributed by atoms with Gasteiger partial charge in [0, 0.05) is 0 Å². The Labute approximate surface area is 123 Å². The van der Waals surface area contributed by atoms with Crippen molar-refractivity contribution < 1.29 is 0 Å². The fourth-order valence-electron chi connectivity index (χ4n) is 2.32. The van der Waals surface area contributed by atoms with Crippen molar-refractivity contribution in [2.24, 2.45) is 16.2 Å². The van der Waals surface area contributed by atoms with Crippen molar-refractivity contribution >= 4 is 18.9 Å². The second-order valence-corrected chi connectivity index (χ2v) is 7.57. The monoisotopic (exact) mass is 234 g/mol. The Morgan fingerprint density at radius 1 is 0.706 bits per heavy atom. The van der Waals surface area contributed by atoms with Crippen LogP contribution in [0.5, 0.6) is 0 Å². The third kappa shape index (κ3) is 5.40. The van der Waals surface area contributed by atoms with E-state index in [1.165, 1.54) is 32.1 Å². The summed E-state index contributed by atoms with van der Waals surface area (Å²) >= 11 is 0. The molecule has 17 heavy (non-hydrogen) atoms. The van der Waals surface area contributed by atoms with Crippen LogP contribution in [-0.4, -0.2) is 18.9 Å². The van der Waals surface area contributed by atoms with Gasteiger partial charge in [-0.25, -0.2) is 0 Å². The predicted molar refractivity (Wildman–Crippen MR) is 82.9 cm³/mol. The second kappa shape index (κ2) is 7.25. The maximum atomic E-state index is 2.45. The summed E-state index contributed by atoms with van der Waals surface area (Å²) in [6.07, 6.45) is 6.88. The minimum atomic E-state index is 0. The van der Waals surface area contributed by atoms with E-state index in [4.69, 9.17) is 0 Å². The van der Waals surface area contributed by atoms with Crippen molar-refractivity contribution in [1.82, 2.24) is 0 Å². The molecule has 0 amide bonds. The van der Waals surface area contributed by atoms with E-state index in [0.29, 0.717) is 16.2 Å². The molecule has 0 spiro atoms. The maximum absolute atomic E-state index is 2.45. The van der Waals surface area contributed by atoms with Gasteiger partial charge in [-0.1, -0.05) is 81.1 Å². The fourth-order valence-corrected chi connectivity index (χ4v) is 2.32. The van der Waals surface area contributed by atoms with Gasteiger partial charge in [0.05, 0.1) is 0 Å². The van der Waals surface area contributed by atoms with E-state index in [9.17, 15) is 0 Å². The van der Waals surface area contributed by atoms with Crippen LogP contribution in [0, 0.1) is 16.2 Å². The third-order valence-corrected chi connectivity index (χ3v) is 5.22. The van der Waals surface area contributed by atoms with E-state index in [1.807, 2.05) is 0 Å². The Morgan fingerprint density at radius 3 is 1.53 bits per heavy atom. The molecule has 0 saturated heterocycles. The zero-order chi connectivity index (χ0) is 13.0. The van der Waals surface area contributed by atoms with Gasteiger partial charge in [0.15, 0.2) is 0 Å². The molecule has 0 aromatic carbocycles. The van der Waals surface area contributed by atoms with E-state index < -0.39 is 0 Å². The first-order valence-electron chi connectivity index (χ1n) is 7.06. The van der Waals surface area contributed by atoms with E-state index in [2.05, 4.69) is 55.4 Å². The van der Waals surface area contributed by atoms with Crippen LogP contribution < -0.4 is 0 Å². The van der Waals surface area contributed by atoms with Crippen LogP contribution in [-0.2, 0) is 0 Å².